The molecule has 0 spiro atoms. The van der Waals surface area contributed by atoms with Gasteiger partial charge >= 0.3 is 24.5 Å². The average Bonchev–Trinajstić information content (AvgIpc) is 4.21. The van der Waals surface area contributed by atoms with E-state index in [-0.39, 0.29) is 95.2 Å². The van der Waals surface area contributed by atoms with E-state index >= 15 is 0 Å². The second-order valence-electron chi connectivity index (χ2n) is 16.6. The maximum absolute atomic E-state index is 14.0. The highest BCUT2D eigenvalue weighted by Crippen LogP contribution is 2.46. The third kappa shape index (κ3) is 13.0. The molecule has 5 aromatic heterocycles. The Hall–Kier alpha value is -7.85. The molecule has 2 aromatic carbocycles. The summed E-state index contributed by atoms with van der Waals surface area (Å²) < 4.78 is 125. The highest BCUT2D eigenvalue weighted by atomic mass is 35.5. The molecule has 0 radical (unpaired) electrons. The zero-order chi connectivity index (χ0) is 54.7. The quantitative estimate of drug-likeness (QED) is 0.0991. The minimum atomic E-state index is -4.80. The molecule has 0 saturated heterocycles. The molecule has 20 nitrogen and oxygen atoms in total. The monoisotopic (exact) mass is 1110 g/mol. The van der Waals surface area contributed by atoms with Crippen molar-refractivity contribution in [3.8, 4) is 0 Å². The predicted molar refractivity (Wildman–Crippen MR) is 256 cm³/mol. The molecular weight excluding hydrogens is 1070 g/mol. The molecule has 0 bridgehead atoms. The minimum absolute atomic E-state index is 0. The van der Waals surface area contributed by atoms with Gasteiger partial charge in [0.15, 0.2) is 24.9 Å². The van der Waals surface area contributed by atoms with Gasteiger partial charge in [0, 0.05) is 69.1 Å². The number of carbonyl (C=O) groups is 4. The predicted octanol–water partition coefficient (Wildman–Crippen LogP) is 9.00. The summed E-state index contributed by atoms with van der Waals surface area (Å²) in [5.74, 6) is -2.23. The summed E-state index contributed by atoms with van der Waals surface area (Å²) in [6.07, 6.45) is -2.67. The Morgan fingerprint density at radius 1 is 0.711 bits per heavy atom. The number of hydrogen-bond donors (Lipinski definition) is 4. The average molecular weight is 1110 g/mol. The number of ether oxygens (including phenoxy) is 2. The van der Waals surface area contributed by atoms with Crippen molar-refractivity contribution in [2.24, 2.45) is 33.9 Å². The molecule has 3 amide bonds. The van der Waals surface area contributed by atoms with Crippen LogP contribution in [0.4, 0.5) is 56.1 Å². The number of alkyl carbamates (subject to hydrolysis) is 1. The molecule has 7 aromatic rings. The second-order valence-corrected chi connectivity index (χ2v) is 17.4. The molecule has 2 atom stereocenters. The van der Waals surface area contributed by atoms with Gasteiger partial charge in [-0.05, 0) is 73.2 Å². The van der Waals surface area contributed by atoms with Crippen molar-refractivity contribution >= 4 is 58.6 Å². The van der Waals surface area contributed by atoms with Crippen molar-refractivity contribution in [2.45, 2.75) is 70.8 Å². The van der Waals surface area contributed by atoms with Crippen LogP contribution < -0.4 is 21.7 Å². The molecule has 9 rings (SSSR count). The number of amides is 3. The molecule has 76 heavy (non-hydrogen) atoms. The molecule has 5 heterocycles. The van der Waals surface area contributed by atoms with Crippen LogP contribution in [0.5, 0.6) is 0 Å². The molecule has 0 saturated carbocycles. The molecule has 406 valence electrons. The van der Waals surface area contributed by atoms with Gasteiger partial charge in [-0.2, -0.15) is 36.5 Å². The first-order valence-electron chi connectivity index (χ1n) is 21.9. The fraction of sp³-hybridized carbons (Fsp3) is 0.326. The summed E-state index contributed by atoms with van der Waals surface area (Å²) >= 11 is 11.4. The van der Waals surface area contributed by atoms with E-state index in [1.807, 2.05) is 0 Å². The summed E-state index contributed by atoms with van der Waals surface area (Å²) in [5.41, 5.74) is 4.05. The number of benzene rings is 2. The highest BCUT2D eigenvalue weighted by molar-refractivity contribution is 6.31. The fourth-order valence-electron chi connectivity index (χ4n) is 8.41. The van der Waals surface area contributed by atoms with Crippen LogP contribution in [0.25, 0.3) is 0 Å². The third-order valence-electron chi connectivity index (χ3n) is 11.5. The topological polar surface area (TPSA) is 238 Å². The number of alkyl halides is 6. The van der Waals surface area contributed by atoms with Crippen LogP contribution in [0, 0.1) is 11.6 Å². The van der Waals surface area contributed by atoms with E-state index in [1.165, 1.54) is 59.5 Å². The van der Waals surface area contributed by atoms with Crippen LogP contribution in [0.3, 0.4) is 0 Å². The molecule has 5 N–H and O–H groups in total. The maximum Gasteiger partial charge on any atom is 0.431 e. The first kappa shape index (κ1) is 57.4. The summed E-state index contributed by atoms with van der Waals surface area (Å²) in [4.78, 5) is 60.7. The van der Waals surface area contributed by atoms with Crippen molar-refractivity contribution in [2.75, 3.05) is 10.6 Å². The number of halogens is 10. The van der Waals surface area contributed by atoms with Crippen LogP contribution in [-0.4, -0.2) is 72.2 Å². The van der Waals surface area contributed by atoms with E-state index in [2.05, 4.69) is 41.1 Å². The summed E-state index contributed by atoms with van der Waals surface area (Å²) in [6, 6.07) is 5.15. The van der Waals surface area contributed by atoms with E-state index in [9.17, 15) is 54.3 Å². The Morgan fingerprint density at radius 3 is 1.63 bits per heavy atom. The zero-order valence-corrected chi connectivity index (χ0v) is 41.0. The van der Waals surface area contributed by atoms with Gasteiger partial charge in [0.05, 0.1) is 16.1 Å². The Labute approximate surface area is 436 Å². The van der Waals surface area contributed by atoms with Crippen LogP contribution in [0.1, 0.15) is 98.6 Å². The Balaban J connectivity index is 0.000000199. The lowest BCUT2D eigenvalue weighted by molar-refractivity contribution is -0.144. The Kier molecular flexibility index (Phi) is 17.7. The van der Waals surface area contributed by atoms with E-state index < -0.39 is 71.5 Å². The van der Waals surface area contributed by atoms with Gasteiger partial charge in [0.25, 0.3) is 11.8 Å². The van der Waals surface area contributed by atoms with Crippen molar-refractivity contribution < 1.29 is 63.8 Å². The van der Waals surface area contributed by atoms with Crippen molar-refractivity contribution in [1.82, 2.24) is 53.5 Å². The molecule has 30 heteroatoms. The summed E-state index contributed by atoms with van der Waals surface area (Å²) in [6.45, 7) is -0.209. The lowest BCUT2D eigenvalue weighted by Crippen LogP contribution is -2.29. The molecule has 0 fully saturated rings. The SMILES string of the molecule is C.Cn1c(C(=O)Nc2ccc(F)c(Cl)c2)c2c(c1C(F)(F)F)C(N)CC2.Cn1cnc(COC(=O)NC2CCc3c2c(C(F)(F)F)n(C)c3C(=O)Nc2ccc(F)c(Cl)c2)n1.Cn1cnc(COC(=O)n2ccnc2)n1. The number of anilines is 2. The first-order valence-corrected chi connectivity index (χ1v) is 22.7. The number of aryl methyl sites for hydroxylation is 2. The number of nitrogens with zero attached hydrogens (tertiary/aromatic N) is 10. The van der Waals surface area contributed by atoms with E-state index in [0.29, 0.717) is 17.8 Å². The molecule has 2 aliphatic rings. The van der Waals surface area contributed by atoms with Gasteiger partial charge in [0.2, 0.25) is 0 Å². The van der Waals surface area contributed by atoms with Crippen molar-refractivity contribution in [3.63, 3.8) is 0 Å². The maximum atomic E-state index is 14.0. The lowest BCUT2D eigenvalue weighted by atomic mass is 10.1. The van der Waals surface area contributed by atoms with Crippen LogP contribution in [0.2, 0.25) is 10.0 Å². The molecule has 2 aliphatic carbocycles. The van der Waals surface area contributed by atoms with Gasteiger partial charge < -0.3 is 40.3 Å². The van der Waals surface area contributed by atoms with Crippen molar-refractivity contribution in [3.05, 3.63) is 146 Å². The molecular formula is C46H46Cl2F8N14O6. The fourth-order valence-corrected chi connectivity index (χ4v) is 8.77. The largest absolute Gasteiger partial charge is 0.441 e. The van der Waals surface area contributed by atoms with Gasteiger partial charge in [-0.1, -0.05) is 30.6 Å². The van der Waals surface area contributed by atoms with Gasteiger partial charge in [-0.3, -0.25) is 19.0 Å². The van der Waals surface area contributed by atoms with E-state index in [0.717, 1.165) is 34.4 Å². The molecule has 2 unspecified atom stereocenters. The number of carbonyl (C=O) groups excluding carboxylic acids is 4. The van der Waals surface area contributed by atoms with Crippen LogP contribution in [-0.2, 0) is 76.1 Å². The summed E-state index contributed by atoms with van der Waals surface area (Å²) in [5, 5.41) is 14.8. The Morgan fingerprint density at radius 2 is 1.18 bits per heavy atom. The Bertz CT molecular complexity index is 3260. The number of nitrogens with two attached hydrogens (primary N) is 1. The normalized spacial score (nSPS) is 14.5. The third-order valence-corrected chi connectivity index (χ3v) is 12.0. The highest BCUT2D eigenvalue weighted by Gasteiger charge is 2.46. The van der Waals surface area contributed by atoms with Crippen LogP contribution >= 0.6 is 23.2 Å². The lowest BCUT2D eigenvalue weighted by Gasteiger charge is -2.18. The van der Waals surface area contributed by atoms with Gasteiger partial charge in [-0.25, -0.2) is 37.9 Å². The van der Waals surface area contributed by atoms with Gasteiger partial charge in [0.1, 0.15) is 53.4 Å². The number of rotatable bonds is 9. The first-order chi connectivity index (χ1) is 35.3. The zero-order valence-electron chi connectivity index (χ0n) is 39.5. The van der Waals surface area contributed by atoms with E-state index in [4.69, 9.17) is 38.4 Å². The van der Waals surface area contributed by atoms with Crippen molar-refractivity contribution in [1.29, 1.82) is 0 Å². The van der Waals surface area contributed by atoms with E-state index in [1.54, 1.807) is 25.1 Å². The van der Waals surface area contributed by atoms with Gasteiger partial charge in [-0.15, -0.1) is 0 Å². The van der Waals surface area contributed by atoms with Crippen LogP contribution in [0.15, 0.2) is 67.8 Å². The number of imidazole rings is 1. The minimum Gasteiger partial charge on any atom is -0.441 e. The molecule has 0 aliphatic heterocycles. The second kappa shape index (κ2) is 23.4. The standard InChI is InChI=1S/C21H19ClF4N6O3.C16H14ClF4N3O.C8H9N5O2.CH4/c1-31-9-27-15(30-31)8-35-20(34)29-14-6-4-11-16(14)18(21(24,25)26)32(2)17(11)19(33)28-10-3-5-13(23)12(22)7-10;1-24-13(15(25)23-7-2-4-10(18)9(17)6-7)8-3-5-11(22)12(8)14(24)16(19,20)21;1-12-6-10-7(11-12)4-15-8(14)13-3-2-9-5-13;/h3,5,7,9,14H,4,6,8H2,1-2H3,(H,28,33)(H,29,34);2,4,6,11H,3,5,22H2,1H3,(H,23,25);2-3,5-6H,4H2,1H3;1H4. The number of aromatic nitrogens is 10. The number of hydrogen-bond acceptors (Lipinski definition) is 12. The number of fused-ring (bicyclic) bond motifs is 2. The summed E-state index contributed by atoms with van der Waals surface area (Å²) in [7, 11) is 5.67. The smallest absolute Gasteiger partial charge is 0.431 e. The number of nitrogens with one attached hydrogen (secondary N) is 3.